The Labute approximate surface area is 110 Å². The predicted molar refractivity (Wildman–Crippen MR) is 76.3 cm³/mol. The Morgan fingerprint density at radius 1 is 1.17 bits per heavy atom. The molecule has 0 aliphatic rings. The Kier molecular flexibility index (Phi) is 4.59. The first kappa shape index (κ1) is 12.9. The summed E-state index contributed by atoms with van der Waals surface area (Å²) in [7, 11) is 2.06. The minimum absolute atomic E-state index is 0.455. The molecule has 1 aromatic heterocycles. The lowest BCUT2D eigenvalue weighted by Gasteiger charge is -2.18. The van der Waals surface area contributed by atoms with E-state index in [2.05, 4.69) is 72.6 Å². The van der Waals surface area contributed by atoms with Crippen LogP contribution in [0.5, 0.6) is 0 Å². The van der Waals surface area contributed by atoms with E-state index in [4.69, 9.17) is 0 Å². The van der Waals surface area contributed by atoms with E-state index in [1.54, 1.807) is 0 Å². The molecule has 2 heteroatoms. The molecule has 0 saturated carbocycles. The van der Waals surface area contributed by atoms with Gasteiger partial charge in [0.05, 0.1) is 0 Å². The van der Waals surface area contributed by atoms with E-state index in [-0.39, 0.29) is 0 Å². The van der Waals surface area contributed by atoms with Gasteiger partial charge in [0.1, 0.15) is 0 Å². The van der Waals surface area contributed by atoms with Gasteiger partial charge in [0, 0.05) is 32.0 Å². The molecule has 96 valence electrons. The van der Waals surface area contributed by atoms with Gasteiger partial charge in [0.2, 0.25) is 0 Å². The minimum Gasteiger partial charge on any atom is -0.357 e. The maximum atomic E-state index is 3.65. The van der Waals surface area contributed by atoms with Gasteiger partial charge in [-0.3, -0.25) is 0 Å². The summed E-state index contributed by atoms with van der Waals surface area (Å²) in [6, 6.07) is 13.3. The third-order valence-corrected chi connectivity index (χ3v) is 3.23. The van der Waals surface area contributed by atoms with Gasteiger partial charge in [0.15, 0.2) is 0 Å². The highest BCUT2D eigenvalue weighted by Crippen LogP contribution is 2.18. The fourth-order valence-corrected chi connectivity index (χ4v) is 2.27. The van der Waals surface area contributed by atoms with E-state index in [0.29, 0.717) is 6.04 Å². The van der Waals surface area contributed by atoms with Crippen molar-refractivity contribution in [1.82, 2.24) is 9.88 Å². The molecule has 1 aromatic carbocycles. The summed E-state index contributed by atoms with van der Waals surface area (Å²) in [6.45, 7) is 3.17. The van der Waals surface area contributed by atoms with Gasteiger partial charge in [0.25, 0.3) is 0 Å². The van der Waals surface area contributed by atoms with Crippen LogP contribution in [-0.2, 0) is 13.6 Å². The van der Waals surface area contributed by atoms with Crippen molar-refractivity contribution >= 4 is 0 Å². The maximum Gasteiger partial charge on any atom is 0.0323 e. The summed E-state index contributed by atoms with van der Waals surface area (Å²) >= 11 is 0. The molecular weight excluding hydrogens is 220 g/mol. The van der Waals surface area contributed by atoms with Crippen LogP contribution in [0.3, 0.4) is 0 Å². The zero-order valence-corrected chi connectivity index (χ0v) is 11.3. The van der Waals surface area contributed by atoms with Gasteiger partial charge in [-0.2, -0.15) is 0 Å². The van der Waals surface area contributed by atoms with Crippen molar-refractivity contribution in [2.75, 3.05) is 0 Å². The Morgan fingerprint density at radius 3 is 2.56 bits per heavy atom. The molecule has 0 amide bonds. The summed E-state index contributed by atoms with van der Waals surface area (Å²) in [5.74, 6) is 0. The van der Waals surface area contributed by atoms with Crippen LogP contribution in [0.15, 0.2) is 48.8 Å². The highest BCUT2D eigenvalue weighted by atomic mass is 14.9. The molecule has 1 atom stereocenters. The monoisotopic (exact) mass is 242 g/mol. The quantitative estimate of drug-likeness (QED) is 0.818. The van der Waals surface area contributed by atoms with Crippen LogP contribution in [0, 0.1) is 0 Å². The Bertz CT molecular complexity index is 459. The van der Waals surface area contributed by atoms with Crippen LogP contribution in [0.1, 0.15) is 36.9 Å². The van der Waals surface area contributed by atoms with Crippen LogP contribution < -0.4 is 5.32 Å². The summed E-state index contributed by atoms with van der Waals surface area (Å²) < 4.78 is 2.09. The molecule has 0 spiro atoms. The van der Waals surface area contributed by atoms with Gasteiger partial charge in [-0.05, 0) is 23.6 Å². The summed E-state index contributed by atoms with van der Waals surface area (Å²) in [5, 5.41) is 3.65. The molecule has 0 saturated heterocycles. The molecular formula is C16H22N2. The highest BCUT2D eigenvalue weighted by Gasteiger charge is 2.09. The lowest BCUT2D eigenvalue weighted by atomic mass is 10.0. The van der Waals surface area contributed by atoms with Crippen LogP contribution in [0.4, 0.5) is 0 Å². The van der Waals surface area contributed by atoms with E-state index >= 15 is 0 Å². The highest BCUT2D eigenvalue weighted by molar-refractivity contribution is 5.19. The smallest absolute Gasteiger partial charge is 0.0323 e. The first-order chi connectivity index (χ1) is 8.79. The van der Waals surface area contributed by atoms with Crippen molar-refractivity contribution in [3.8, 4) is 0 Å². The standard InChI is InChI=1S/C16H22N2/c1-3-7-16(15-8-5-4-6-9-15)17-12-14-10-11-18(2)13-14/h4-6,8-11,13,16-17H,3,7,12H2,1-2H3. The van der Waals surface area contributed by atoms with Gasteiger partial charge < -0.3 is 9.88 Å². The van der Waals surface area contributed by atoms with Crippen molar-refractivity contribution in [2.45, 2.75) is 32.4 Å². The summed E-state index contributed by atoms with van der Waals surface area (Å²) in [4.78, 5) is 0. The Balaban J connectivity index is 1.98. The van der Waals surface area contributed by atoms with E-state index in [0.717, 1.165) is 6.54 Å². The lowest BCUT2D eigenvalue weighted by Crippen LogP contribution is -2.20. The Morgan fingerprint density at radius 2 is 1.94 bits per heavy atom. The molecule has 18 heavy (non-hydrogen) atoms. The Hall–Kier alpha value is -1.54. The van der Waals surface area contributed by atoms with Crippen LogP contribution in [0.2, 0.25) is 0 Å². The molecule has 0 aliphatic heterocycles. The van der Waals surface area contributed by atoms with Crippen molar-refractivity contribution in [2.24, 2.45) is 7.05 Å². The van der Waals surface area contributed by atoms with Crippen molar-refractivity contribution < 1.29 is 0 Å². The number of rotatable bonds is 6. The molecule has 0 fully saturated rings. The number of hydrogen-bond acceptors (Lipinski definition) is 1. The lowest BCUT2D eigenvalue weighted by molar-refractivity contribution is 0.493. The third-order valence-electron chi connectivity index (χ3n) is 3.23. The molecule has 0 bridgehead atoms. The normalized spacial score (nSPS) is 12.6. The number of aromatic nitrogens is 1. The molecule has 0 aliphatic carbocycles. The van der Waals surface area contributed by atoms with Gasteiger partial charge in [-0.15, -0.1) is 0 Å². The fraction of sp³-hybridized carbons (Fsp3) is 0.375. The fourth-order valence-electron chi connectivity index (χ4n) is 2.27. The molecule has 0 radical (unpaired) electrons. The van der Waals surface area contributed by atoms with Crippen molar-refractivity contribution in [1.29, 1.82) is 0 Å². The topological polar surface area (TPSA) is 17.0 Å². The van der Waals surface area contributed by atoms with E-state index < -0.39 is 0 Å². The van der Waals surface area contributed by atoms with E-state index in [9.17, 15) is 0 Å². The summed E-state index contributed by atoms with van der Waals surface area (Å²) in [5.41, 5.74) is 2.73. The molecule has 2 aromatic rings. The van der Waals surface area contributed by atoms with Crippen molar-refractivity contribution in [3.05, 3.63) is 59.9 Å². The van der Waals surface area contributed by atoms with Crippen molar-refractivity contribution in [3.63, 3.8) is 0 Å². The number of aryl methyl sites for hydroxylation is 1. The third kappa shape index (κ3) is 3.47. The second-order valence-corrected chi connectivity index (χ2v) is 4.82. The molecule has 1 heterocycles. The van der Waals surface area contributed by atoms with E-state index in [1.165, 1.54) is 24.0 Å². The van der Waals surface area contributed by atoms with Crippen LogP contribution >= 0.6 is 0 Å². The van der Waals surface area contributed by atoms with Crippen LogP contribution in [-0.4, -0.2) is 4.57 Å². The minimum atomic E-state index is 0.455. The first-order valence-corrected chi connectivity index (χ1v) is 6.68. The largest absolute Gasteiger partial charge is 0.357 e. The SMILES string of the molecule is CCCC(NCc1ccn(C)c1)c1ccccc1. The van der Waals surface area contributed by atoms with E-state index in [1.807, 2.05) is 0 Å². The molecule has 2 nitrogen and oxygen atoms in total. The average molecular weight is 242 g/mol. The number of nitrogens with one attached hydrogen (secondary N) is 1. The molecule has 1 N–H and O–H groups in total. The van der Waals surface area contributed by atoms with Crippen LogP contribution in [0.25, 0.3) is 0 Å². The molecule has 2 rings (SSSR count). The number of benzene rings is 1. The molecule has 1 unspecified atom stereocenters. The van der Waals surface area contributed by atoms with Gasteiger partial charge in [-0.1, -0.05) is 43.7 Å². The zero-order valence-electron chi connectivity index (χ0n) is 11.3. The number of nitrogens with zero attached hydrogens (tertiary/aromatic N) is 1. The predicted octanol–water partition coefficient (Wildman–Crippen LogP) is 3.66. The maximum absolute atomic E-state index is 3.65. The second-order valence-electron chi connectivity index (χ2n) is 4.82. The average Bonchev–Trinajstić information content (AvgIpc) is 2.81. The van der Waals surface area contributed by atoms with Gasteiger partial charge in [-0.25, -0.2) is 0 Å². The first-order valence-electron chi connectivity index (χ1n) is 6.68. The summed E-state index contributed by atoms with van der Waals surface area (Å²) in [6.07, 6.45) is 6.63. The number of hydrogen-bond donors (Lipinski definition) is 1. The zero-order chi connectivity index (χ0) is 12.8. The van der Waals surface area contributed by atoms with Gasteiger partial charge >= 0.3 is 0 Å². The second kappa shape index (κ2) is 6.41.